The average molecular weight is 559 g/mol. The maximum absolute atomic E-state index is 13.3. The van der Waals surface area contributed by atoms with Gasteiger partial charge in [-0.15, -0.1) is 0 Å². The van der Waals surface area contributed by atoms with Crippen LogP contribution in [0.5, 0.6) is 5.75 Å². The van der Waals surface area contributed by atoms with E-state index in [4.69, 9.17) is 4.74 Å². The van der Waals surface area contributed by atoms with Crippen molar-refractivity contribution in [3.63, 3.8) is 0 Å². The van der Waals surface area contributed by atoms with Crippen molar-refractivity contribution >= 4 is 21.6 Å². The first kappa shape index (κ1) is 29.3. The molecule has 11 heteroatoms. The second-order valence-electron chi connectivity index (χ2n) is 10.5. The minimum atomic E-state index is -3.81. The first-order valence-electron chi connectivity index (χ1n) is 13.5. The first-order chi connectivity index (χ1) is 18.7. The molecule has 1 fully saturated rings. The molecule has 2 aromatic carbocycles. The van der Waals surface area contributed by atoms with Crippen LogP contribution in [0.4, 0.5) is 5.69 Å². The lowest BCUT2D eigenvalue weighted by Gasteiger charge is -2.35. The number of carbonyl (C=O) groups is 1. The van der Waals surface area contributed by atoms with Crippen molar-refractivity contribution in [2.75, 3.05) is 85.5 Å². The third kappa shape index (κ3) is 7.29. The number of hydrogen-bond acceptors (Lipinski definition) is 8. The number of hydrogen-bond donors (Lipinski definition) is 2. The Balaban J connectivity index is 1.37. The zero-order valence-corrected chi connectivity index (χ0v) is 24.3. The lowest BCUT2D eigenvalue weighted by Crippen LogP contribution is -2.48. The summed E-state index contributed by atoms with van der Waals surface area (Å²) >= 11 is 0. The van der Waals surface area contributed by atoms with Crippen molar-refractivity contribution in [1.29, 1.82) is 0 Å². The van der Waals surface area contributed by atoms with E-state index in [9.17, 15) is 13.2 Å². The molecule has 214 valence electrons. The van der Waals surface area contributed by atoms with E-state index in [0.717, 1.165) is 39.1 Å². The molecule has 2 aliphatic heterocycles. The molecule has 0 saturated carbocycles. The molecule has 4 rings (SSSR count). The number of piperazine rings is 1. The molecular formula is C28H42N6O4S. The zero-order valence-electron chi connectivity index (χ0n) is 23.5. The van der Waals surface area contributed by atoms with Crippen LogP contribution in [-0.2, 0) is 27.8 Å². The van der Waals surface area contributed by atoms with Gasteiger partial charge in [-0.2, -0.15) is 0 Å². The predicted octanol–water partition coefficient (Wildman–Crippen LogP) is 0.830. The molecule has 0 aromatic heterocycles. The third-order valence-electron chi connectivity index (χ3n) is 7.54. The summed E-state index contributed by atoms with van der Waals surface area (Å²) in [5.41, 5.74) is 3.37. The molecule has 0 bridgehead atoms. The van der Waals surface area contributed by atoms with Gasteiger partial charge in [-0.1, -0.05) is 30.3 Å². The number of rotatable bonds is 11. The van der Waals surface area contributed by atoms with Crippen LogP contribution in [-0.4, -0.2) is 115 Å². The number of anilines is 1. The fourth-order valence-corrected chi connectivity index (χ4v) is 6.27. The Morgan fingerprint density at radius 1 is 1.03 bits per heavy atom. The van der Waals surface area contributed by atoms with Crippen LogP contribution in [0.3, 0.4) is 0 Å². The van der Waals surface area contributed by atoms with Crippen LogP contribution in [0.15, 0.2) is 47.4 Å². The standard InChI is InChI=1S/C28H42N6O4S/c1-29-24(20-33-13-12-22-8-5-6-9-23(22)19-33)18-30-27(35)21-38-26-11-7-10-25(28(26)39(36,37)31(2)3)34-16-14-32(4)15-17-34/h5-11,24,29H,12-21H2,1-4H3,(H,30,35)/t24-/m1/s1. The SMILES string of the molecule is CN[C@H](CNC(=O)COc1cccc(N2CCN(C)CC2)c1S(=O)(=O)N(C)C)CN1CCc2ccccc2C1. The van der Waals surface area contributed by atoms with Gasteiger partial charge in [0.15, 0.2) is 6.61 Å². The largest absolute Gasteiger partial charge is 0.482 e. The summed E-state index contributed by atoms with van der Waals surface area (Å²) in [6.45, 7) is 5.98. The normalized spacial score (nSPS) is 17.6. The van der Waals surface area contributed by atoms with Gasteiger partial charge in [0.1, 0.15) is 10.6 Å². The molecule has 39 heavy (non-hydrogen) atoms. The van der Waals surface area contributed by atoms with Gasteiger partial charge in [0.2, 0.25) is 10.0 Å². The lowest BCUT2D eigenvalue weighted by molar-refractivity contribution is -0.123. The topological polar surface area (TPSA) is 97.5 Å². The summed E-state index contributed by atoms with van der Waals surface area (Å²) in [6.07, 6.45) is 1.03. The Hall–Kier alpha value is -2.70. The van der Waals surface area contributed by atoms with Crippen LogP contribution >= 0.6 is 0 Å². The van der Waals surface area contributed by atoms with Crippen LogP contribution < -0.4 is 20.3 Å². The predicted molar refractivity (Wildman–Crippen MR) is 154 cm³/mol. The number of carbonyl (C=O) groups excluding carboxylic acids is 1. The van der Waals surface area contributed by atoms with Crippen molar-refractivity contribution in [3.8, 4) is 5.75 Å². The molecule has 2 heterocycles. The molecule has 0 unspecified atom stereocenters. The van der Waals surface area contributed by atoms with Crippen molar-refractivity contribution in [3.05, 3.63) is 53.6 Å². The van der Waals surface area contributed by atoms with E-state index in [1.807, 2.05) is 13.1 Å². The van der Waals surface area contributed by atoms with Gasteiger partial charge in [0.05, 0.1) is 5.69 Å². The summed E-state index contributed by atoms with van der Waals surface area (Å²) < 4.78 is 33.7. The number of benzene rings is 2. The molecule has 2 aliphatic rings. The van der Waals surface area contributed by atoms with E-state index in [2.05, 4.69) is 56.6 Å². The van der Waals surface area contributed by atoms with Gasteiger partial charge >= 0.3 is 0 Å². The van der Waals surface area contributed by atoms with E-state index >= 15 is 0 Å². The highest BCUT2D eigenvalue weighted by Gasteiger charge is 2.30. The number of likely N-dealkylation sites (N-methyl/N-ethyl adjacent to an activating group) is 2. The number of sulfonamides is 1. The third-order valence-corrected chi connectivity index (χ3v) is 9.43. The minimum Gasteiger partial charge on any atom is -0.482 e. The molecule has 1 atom stereocenters. The summed E-state index contributed by atoms with van der Waals surface area (Å²) in [6, 6.07) is 13.8. The maximum atomic E-state index is 13.3. The Morgan fingerprint density at radius 3 is 2.44 bits per heavy atom. The maximum Gasteiger partial charge on any atom is 0.257 e. The minimum absolute atomic E-state index is 0.0736. The second-order valence-corrected chi connectivity index (χ2v) is 12.6. The lowest BCUT2D eigenvalue weighted by atomic mass is 9.99. The highest BCUT2D eigenvalue weighted by Crippen LogP contribution is 2.36. The average Bonchev–Trinajstić information content (AvgIpc) is 2.94. The van der Waals surface area contributed by atoms with Crippen molar-refractivity contribution in [2.24, 2.45) is 0 Å². The molecule has 0 spiro atoms. The highest BCUT2D eigenvalue weighted by molar-refractivity contribution is 7.89. The summed E-state index contributed by atoms with van der Waals surface area (Å²) in [4.78, 5) is 19.5. The molecule has 10 nitrogen and oxygen atoms in total. The van der Waals surface area contributed by atoms with Gasteiger partial charge in [0, 0.05) is 72.5 Å². The number of nitrogens with zero attached hydrogens (tertiary/aromatic N) is 4. The van der Waals surface area contributed by atoms with Gasteiger partial charge in [-0.3, -0.25) is 9.69 Å². The van der Waals surface area contributed by atoms with Gasteiger partial charge in [-0.05, 0) is 43.8 Å². The number of nitrogens with one attached hydrogen (secondary N) is 2. The Morgan fingerprint density at radius 2 is 1.74 bits per heavy atom. The van der Waals surface area contributed by atoms with Gasteiger partial charge in [0.25, 0.3) is 5.91 Å². The van der Waals surface area contributed by atoms with Crippen LogP contribution in [0, 0.1) is 0 Å². The van der Waals surface area contributed by atoms with Crippen molar-refractivity contribution < 1.29 is 17.9 Å². The Bertz CT molecular complexity index is 1230. The fourth-order valence-electron chi connectivity index (χ4n) is 5.07. The molecule has 1 saturated heterocycles. The second kappa shape index (κ2) is 13.1. The van der Waals surface area contributed by atoms with E-state index in [1.54, 1.807) is 12.1 Å². The number of ether oxygens (including phenoxy) is 1. The molecular weight excluding hydrogens is 516 g/mol. The Labute approximate surface area is 232 Å². The molecule has 2 N–H and O–H groups in total. The quantitative estimate of drug-likeness (QED) is 0.419. The van der Waals surface area contributed by atoms with Crippen LogP contribution in [0.2, 0.25) is 0 Å². The zero-order chi connectivity index (χ0) is 28.0. The smallest absolute Gasteiger partial charge is 0.257 e. The molecule has 0 aliphatic carbocycles. The monoisotopic (exact) mass is 558 g/mol. The summed E-state index contributed by atoms with van der Waals surface area (Å²) in [5, 5.41) is 6.25. The van der Waals surface area contributed by atoms with E-state index in [0.29, 0.717) is 25.3 Å². The fraction of sp³-hybridized carbons (Fsp3) is 0.536. The summed E-state index contributed by atoms with van der Waals surface area (Å²) in [7, 11) is 3.15. The van der Waals surface area contributed by atoms with Crippen molar-refractivity contribution in [1.82, 2.24) is 24.7 Å². The first-order valence-corrected chi connectivity index (χ1v) is 15.0. The van der Waals surface area contributed by atoms with Crippen LogP contribution in [0.1, 0.15) is 11.1 Å². The van der Waals surface area contributed by atoms with E-state index in [-0.39, 0.29) is 29.2 Å². The van der Waals surface area contributed by atoms with Crippen LogP contribution in [0.25, 0.3) is 0 Å². The summed E-state index contributed by atoms with van der Waals surface area (Å²) in [5.74, 6) is -0.107. The van der Waals surface area contributed by atoms with Gasteiger partial charge < -0.3 is 25.2 Å². The molecule has 1 amide bonds. The number of amides is 1. The number of fused-ring (bicyclic) bond motifs is 1. The molecule has 2 aromatic rings. The van der Waals surface area contributed by atoms with Gasteiger partial charge in [-0.25, -0.2) is 12.7 Å². The van der Waals surface area contributed by atoms with E-state index in [1.165, 1.54) is 29.5 Å². The Kier molecular flexibility index (Phi) is 9.84. The van der Waals surface area contributed by atoms with Crippen molar-refractivity contribution in [2.45, 2.75) is 23.9 Å². The highest BCUT2D eigenvalue weighted by atomic mass is 32.2. The van der Waals surface area contributed by atoms with E-state index < -0.39 is 10.0 Å². The molecule has 0 radical (unpaired) electrons.